The van der Waals surface area contributed by atoms with Crippen molar-refractivity contribution in [1.82, 2.24) is 9.97 Å². The number of para-hydroxylation sites is 1. The summed E-state index contributed by atoms with van der Waals surface area (Å²) in [4.78, 5) is 7.55. The number of pyridine rings is 1. The lowest BCUT2D eigenvalue weighted by Gasteiger charge is -2.05. The van der Waals surface area contributed by atoms with Gasteiger partial charge >= 0.3 is 0 Å². The average Bonchev–Trinajstić information content (AvgIpc) is 2.82. The Balaban J connectivity index is 1.79. The van der Waals surface area contributed by atoms with Crippen molar-refractivity contribution in [2.45, 2.75) is 13.5 Å². The van der Waals surface area contributed by atoms with Gasteiger partial charge in [-0.2, -0.15) is 0 Å². The number of rotatable bonds is 3. The molecule has 0 fully saturated rings. The van der Waals surface area contributed by atoms with E-state index >= 15 is 0 Å². The van der Waals surface area contributed by atoms with Gasteiger partial charge in [0.1, 0.15) is 0 Å². The van der Waals surface area contributed by atoms with Crippen LogP contribution >= 0.6 is 0 Å². The average molecular weight is 237 g/mol. The Morgan fingerprint density at radius 1 is 1.17 bits per heavy atom. The fraction of sp³-hybridized carbons (Fsp3) is 0.133. The summed E-state index contributed by atoms with van der Waals surface area (Å²) in [6.07, 6.45) is 3.92. The third-order valence-corrected chi connectivity index (χ3v) is 3.07. The molecule has 0 unspecified atom stereocenters. The van der Waals surface area contributed by atoms with E-state index in [0.717, 1.165) is 17.9 Å². The number of H-pyrrole nitrogens is 1. The highest BCUT2D eigenvalue weighted by Crippen LogP contribution is 2.18. The molecule has 18 heavy (non-hydrogen) atoms. The minimum atomic E-state index is 0.800. The van der Waals surface area contributed by atoms with E-state index in [2.05, 4.69) is 45.7 Å². The summed E-state index contributed by atoms with van der Waals surface area (Å²) in [5.41, 5.74) is 4.53. The standard InChI is InChI=1S/C15H15N3/c1-11-6-7-13(10-16-11)17-8-12-9-18-15-5-3-2-4-14(12)15/h2-7,9-10,17-18H,8H2,1H3. The van der Waals surface area contributed by atoms with Crippen molar-refractivity contribution in [3.05, 3.63) is 60.0 Å². The third kappa shape index (κ3) is 2.07. The van der Waals surface area contributed by atoms with E-state index in [0.29, 0.717) is 0 Å². The van der Waals surface area contributed by atoms with Crippen LogP contribution in [-0.4, -0.2) is 9.97 Å². The van der Waals surface area contributed by atoms with Crippen LogP contribution in [0.3, 0.4) is 0 Å². The van der Waals surface area contributed by atoms with Gasteiger partial charge in [0, 0.05) is 29.3 Å². The molecular weight excluding hydrogens is 222 g/mol. The van der Waals surface area contributed by atoms with Crippen molar-refractivity contribution < 1.29 is 0 Å². The van der Waals surface area contributed by atoms with Gasteiger partial charge in [0.05, 0.1) is 11.9 Å². The second kappa shape index (κ2) is 4.53. The quantitative estimate of drug-likeness (QED) is 0.732. The van der Waals surface area contributed by atoms with Crippen molar-refractivity contribution in [3.63, 3.8) is 0 Å². The number of aromatic amines is 1. The molecule has 3 heteroatoms. The van der Waals surface area contributed by atoms with E-state index in [4.69, 9.17) is 0 Å². The first-order valence-electron chi connectivity index (χ1n) is 6.04. The molecule has 2 aromatic heterocycles. The van der Waals surface area contributed by atoms with E-state index in [1.807, 2.05) is 25.3 Å². The lowest BCUT2D eigenvalue weighted by molar-refractivity contribution is 1.13. The molecule has 0 spiro atoms. The molecule has 3 aromatic rings. The molecular formula is C15H15N3. The molecule has 0 radical (unpaired) electrons. The molecule has 90 valence electrons. The van der Waals surface area contributed by atoms with Crippen LogP contribution in [0.5, 0.6) is 0 Å². The molecule has 0 aliphatic heterocycles. The fourth-order valence-electron chi connectivity index (χ4n) is 2.05. The highest BCUT2D eigenvalue weighted by molar-refractivity contribution is 5.83. The largest absolute Gasteiger partial charge is 0.380 e. The molecule has 1 aromatic carbocycles. The van der Waals surface area contributed by atoms with Gasteiger partial charge in [-0.3, -0.25) is 4.98 Å². The molecule has 0 aliphatic carbocycles. The van der Waals surface area contributed by atoms with Crippen LogP contribution in [0, 0.1) is 6.92 Å². The molecule has 0 aliphatic rings. The van der Waals surface area contributed by atoms with Crippen LogP contribution in [0.1, 0.15) is 11.3 Å². The second-order valence-electron chi connectivity index (χ2n) is 4.40. The normalized spacial score (nSPS) is 10.7. The molecule has 0 saturated carbocycles. The number of benzene rings is 1. The van der Waals surface area contributed by atoms with Crippen molar-refractivity contribution in [2.75, 3.05) is 5.32 Å². The first-order chi connectivity index (χ1) is 8.83. The summed E-state index contributed by atoms with van der Waals surface area (Å²) in [6.45, 7) is 2.79. The number of hydrogen-bond acceptors (Lipinski definition) is 2. The molecule has 3 rings (SSSR count). The molecule has 0 saturated heterocycles. The van der Waals surface area contributed by atoms with Crippen LogP contribution in [-0.2, 0) is 6.54 Å². The minimum absolute atomic E-state index is 0.800. The zero-order valence-electron chi connectivity index (χ0n) is 10.3. The molecule has 2 N–H and O–H groups in total. The van der Waals surface area contributed by atoms with E-state index in [1.54, 1.807) is 0 Å². The maximum atomic E-state index is 4.27. The number of hydrogen-bond donors (Lipinski definition) is 2. The molecule has 0 amide bonds. The van der Waals surface area contributed by atoms with E-state index in [1.165, 1.54) is 16.5 Å². The summed E-state index contributed by atoms with van der Waals surface area (Å²) in [5, 5.41) is 4.65. The van der Waals surface area contributed by atoms with Gasteiger partial charge in [-0.05, 0) is 30.7 Å². The summed E-state index contributed by atoms with van der Waals surface area (Å²) in [7, 11) is 0. The highest BCUT2D eigenvalue weighted by Gasteiger charge is 2.02. The van der Waals surface area contributed by atoms with Crippen molar-refractivity contribution in [1.29, 1.82) is 0 Å². The number of nitrogens with zero attached hydrogens (tertiary/aromatic N) is 1. The van der Waals surface area contributed by atoms with Crippen LogP contribution in [0.4, 0.5) is 5.69 Å². The van der Waals surface area contributed by atoms with E-state index in [9.17, 15) is 0 Å². The molecule has 0 atom stereocenters. The van der Waals surface area contributed by atoms with Gasteiger partial charge in [-0.1, -0.05) is 18.2 Å². The maximum absolute atomic E-state index is 4.27. The molecule has 3 nitrogen and oxygen atoms in total. The smallest absolute Gasteiger partial charge is 0.0529 e. The monoisotopic (exact) mass is 237 g/mol. The number of nitrogens with one attached hydrogen (secondary N) is 2. The first kappa shape index (κ1) is 10.8. The zero-order chi connectivity index (χ0) is 12.4. The topological polar surface area (TPSA) is 40.7 Å². The van der Waals surface area contributed by atoms with Crippen molar-refractivity contribution >= 4 is 16.6 Å². The van der Waals surface area contributed by atoms with Crippen LogP contribution in [0.15, 0.2) is 48.8 Å². The highest BCUT2D eigenvalue weighted by atomic mass is 14.9. The fourth-order valence-corrected chi connectivity index (χ4v) is 2.05. The van der Waals surface area contributed by atoms with Crippen molar-refractivity contribution in [3.8, 4) is 0 Å². The van der Waals surface area contributed by atoms with Gasteiger partial charge in [0.25, 0.3) is 0 Å². The Morgan fingerprint density at radius 3 is 2.89 bits per heavy atom. The van der Waals surface area contributed by atoms with Gasteiger partial charge < -0.3 is 10.3 Å². The Labute approximate surface area is 106 Å². The van der Waals surface area contributed by atoms with Crippen LogP contribution in [0.25, 0.3) is 10.9 Å². The van der Waals surface area contributed by atoms with E-state index < -0.39 is 0 Å². The number of fused-ring (bicyclic) bond motifs is 1. The predicted octanol–water partition coefficient (Wildman–Crippen LogP) is 3.48. The lowest BCUT2D eigenvalue weighted by Crippen LogP contribution is -1.99. The maximum Gasteiger partial charge on any atom is 0.0529 e. The predicted molar refractivity (Wildman–Crippen MR) is 74.6 cm³/mol. The lowest BCUT2D eigenvalue weighted by atomic mass is 10.2. The van der Waals surface area contributed by atoms with Crippen LogP contribution < -0.4 is 5.32 Å². The first-order valence-corrected chi connectivity index (χ1v) is 6.04. The summed E-state index contributed by atoms with van der Waals surface area (Å²) >= 11 is 0. The van der Waals surface area contributed by atoms with Gasteiger partial charge in [-0.25, -0.2) is 0 Å². The molecule has 0 bridgehead atoms. The Bertz CT molecular complexity index is 653. The molecule has 2 heterocycles. The number of aromatic nitrogens is 2. The third-order valence-electron chi connectivity index (χ3n) is 3.07. The summed E-state index contributed by atoms with van der Waals surface area (Å²) in [5.74, 6) is 0. The van der Waals surface area contributed by atoms with E-state index in [-0.39, 0.29) is 0 Å². The Hall–Kier alpha value is -2.29. The summed E-state index contributed by atoms with van der Waals surface area (Å²) < 4.78 is 0. The second-order valence-corrected chi connectivity index (χ2v) is 4.40. The number of aryl methyl sites for hydroxylation is 1. The van der Waals surface area contributed by atoms with Crippen LogP contribution in [0.2, 0.25) is 0 Å². The van der Waals surface area contributed by atoms with Gasteiger partial charge in [-0.15, -0.1) is 0 Å². The van der Waals surface area contributed by atoms with Gasteiger partial charge in [0.15, 0.2) is 0 Å². The number of anilines is 1. The van der Waals surface area contributed by atoms with Gasteiger partial charge in [0.2, 0.25) is 0 Å². The Kier molecular flexibility index (Phi) is 2.73. The SMILES string of the molecule is Cc1ccc(NCc2c[nH]c3ccccc23)cn1. The zero-order valence-corrected chi connectivity index (χ0v) is 10.3. The Morgan fingerprint density at radius 2 is 2.06 bits per heavy atom. The summed E-state index contributed by atoms with van der Waals surface area (Å²) in [6, 6.07) is 12.4. The minimum Gasteiger partial charge on any atom is -0.380 e. The van der Waals surface area contributed by atoms with Crippen molar-refractivity contribution in [2.24, 2.45) is 0 Å².